The van der Waals surface area contributed by atoms with Crippen molar-refractivity contribution in [3.8, 4) is 0 Å². The average Bonchev–Trinajstić information content (AvgIpc) is 2.70. The van der Waals surface area contributed by atoms with Crippen LogP contribution in [0.4, 0.5) is 0 Å². The largest absolute Gasteiger partial charge is 0.296 e. The molecule has 0 aromatic carbocycles. The minimum Gasteiger partial charge on any atom is -0.296 e. The lowest BCUT2D eigenvalue weighted by Gasteiger charge is -2.14. The zero-order valence-electron chi connectivity index (χ0n) is 9.91. The summed E-state index contributed by atoms with van der Waals surface area (Å²) >= 11 is 6.14. The molecule has 1 aliphatic heterocycles. The van der Waals surface area contributed by atoms with E-state index in [1.807, 2.05) is 6.20 Å². The van der Waals surface area contributed by atoms with Crippen molar-refractivity contribution in [1.29, 1.82) is 0 Å². The van der Waals surface area contributed by atoms with Crippen LogP contribution < -0.4 is 0 Å². The van der Waals surface area contributed by atoms with E-state index in [1.54, 1.807) is 0 Å². The molecule has 0 radical (unpaired) electrons. The standard InChI is InChI=1S/C12H18ClN3/c1-9(2)10-7-14-11(15-12(10)13)8-16-5-3-4-6-16/h7,9H,3-6,8H2,1-2H3. The zero-order chi connectivity index (χ0) is 11.5. The second-order valence-electron chi connectivity index (χ2n) is 4.67. The summed E-state index contributed by atoms with van der Waals surface area (Å²) in [5.74, 6) is 1.23. The van der Waals surface area contributed by atoms with Crippen LogP contribution in [0.2, 0.25) is 5.15 Å². The topological polar surface area (TPSA) is 29.0 Å². The summed E-state index contributed by atoms with van der Waals surface area (Å²) in [6, 6.07) is 0. The first-order chi connectivity index (χ1) is 7.66. The summed E-state index contributed by atoms with van der Waals surface area (Å²) < 4.78 is 0. The molecule has 16 heavy (non-hydrogen) atoms. The first-order valence-corrected chi connectivity index (χ1v) is 6.28. The number of likely N-dealkylation sites (tertiary alicyclic amines) is 1. The van der Waals surface area contributed by atoms with Gasteiger partial charge in [0.1, 0.15) is 11.0 Å². The maximum absolute atomic E-state index is 6.14. The van der Waals surface area contributed by atoms with E-state index in [1.165, 1.54) is 12.8 Å². The first-order valence-electron chi connectivity index (χ1n) is 5.90. The van der Waals surface area contributed by atoms with Gasteiger partial charge in [-0.15, -0.1) is 0 Å². The van der Waals surface area contributed by atoms with Gasteiger partial charge in [0.25, 0.3) is 0 Å². The van der Waals surface area contributed by atoms with Gasteiger partial charge in [-0.05, 0) is 31.8 Å². The first kappa shape index (κ1) is 11.8. The van der Waals surface area contributed by atoms with Crippen molar-refractivity contribution in [3.05, 3.63) is 22.7 Å². The van der Waals surface area contributed by atoms with Crippen molar-refractivity contribution in [1.82, 2.24) is 14.9 Å². The molecule has 0 bridgehead atoms. The van der Waals surface area contributed by atoms with Crippen molar-refractivity contribution < 1.29 is 0 Å². The fourth-order valence-electron chi connectivity index (χ4n) is 2.01. The Bertz CT molecular complexity index is 359. The highest BCUT2D eigenvalue weighted by Crippen LogP contribution is 2.21. The van der Waals surface area contributed by atoms with Crippen molar-refractivity contribution in [3.63, 3.8) is 0 Å². The van der Waals surface area contributed by atoms with Crippen molar-refractivity contribution in [2.45, 2.75) is 39.2 Å². The number of hydrogen-bond acceptors (Lipinski definition) is 3. The average molecular weight is 240 g/mol. The van der Waals surface area contributed by atoms with Crippen molar-refractivity contribution in [2.75, 3.05) is 13.1 Å². The minimum absolute atomic E-state index is 0.383. The lowest BCUT2D eigenvalue weighted by Crippen LogP contribution is -2.20. The molecule has 88 valence electrons. The van der Waals surface area contributed by atoms with E-state index in [2.05, 4.69) is 28.7 Å². The van der Waals surface area contributed by atoms with Gasteiger partial charge in [-0.3, -0.25) is 4.90 Å². The molecule has 1 saturated heterocycles. The van der Waals surface area contributed by atoms with Gasteiger partial charge in [-0.1, -0.05) is 25.4 Å². The predicted molar refractivity (Wildman–Crippen MR) is 65.6 cm³/mol. The molecule has 1 aromatic rings. The molecule has 4 heteroatoms. The van der Waals surface area contributed by atoms with E-state index in [0.717, 1.165) is 31.0 Å². The zero-order valence-corrected chi connectivity index (χ0v) is 10.7. The van der Waals surface area contributed by atoms with Crippen LogP contribution in [0.15, 0.2) is 6.20 Å². The summed E-state index contributed by atoms with van der Waals surface area (Å²) in [4.78, 5) is 11.1. The third-order valence-electron chi connectivity index (χ3n) is 3.00. The Morgan fingerprint density at radius 2 is 2.06 bits per heavy atom. The van der Waals surface area contributed by atoms with E-state index in [-0.39, 0.29) is 0 Å². The molecule has 1 aliphatic rings. The Morgan fingerprint density at radius 3 is 2.62 bits per heavy atom. The molecule has 2 heterocycles. The predicted octanol–water partition coefficient (Wildman–Crippen LogP) is 2.85. The van der Waals surface area contributed by atoms with Crippen molar-refractivity contribution >= 4 is 11.6 Å². The van der Waals surface area contributed by atoms with Crippen LogP contribution in [0.25, 0.3) is 0 Å². The molecule has 0 amide bonds. The van der Waals surface area contributed by atoms with Crippen LogP contribution in [0.1, 0.15) is 44.0 Å². The summed E-state index contributed by atoms with van der Waals surface area (Å²) in [7, 11) is 0. The normalized spacial score (nSPS) is 17.2. The van der Waals surface area contributed by atoms with Crippen LogP contribution in [-0.2, 0) is 6.54 Å². The monoisotopic (exact) mass is 239 g/mol. The van der Waals surface area contributed by atoms with E-state index in [0.29, 0.717) is 11.1 Å². The number of nitrogens with zero attached hydrogens (tertiary/aromatic N) is 3. The second kappa shape index (κ2) is 5.11. The smallest absolute Gasteiger partial charge is 0.143 e. The Morgan fingerprint density at radius 1 is 1.38 bits per heavy atom. The summed E-state index contributed by atoms with van der Waals surface area (Å²) in [6.07, 6.45) is 4.45. The Balaban J connectivity index is 2.08. The maximum atomic E-state index is 6.14. The minimum atomic E-state index is 0.383. The number of halogens is 1. The Labute approximate surface area is 102 Å². The molecule has 0 atom stereocenters. The molecular formula is C12H18ClN3. The van der Waals surface area contributed by atoms with E-state index < -0.39 is 0 Å². The van der Waals surface area contributed by atoms with Crippen LogP contribution >= 0.6 is 11.6 Å². The van der Waals surface area contributed by atoms with Gasteiger partial charge in [-0.2, -0.15) is 0 Å². The van der Waals surface area contributed by atoms with E-state index in [9.17, 15) is 0 Å². The lowest BCUT2D eigenvalue weighted by atomic mass is 10.1. The molecule has 3 nitrogen and oxygen atoms in total. The molecule has 2 rings (SSSR count). The molecule has 0 saturated carbocycles. The van der Waals surface area contributed by atoms with Gasteiger partial charge < -0.3 is 0 Å². The van der Waals surface area contributed by atoms with Gasteiger partial charge in [0.15, 0.2) is 0 Å². The molecule has 0 N–H and O–H groups in total. The molecule has 0 unspecified atom stereocenters. The highest BCUT2D eigenvalue weighted by atomic mass is 35.5. The summed E-state index contributed by atoms with van der Waals surface area (Å²) in [5, 5.41) is 0.610. The van der Waals surface area contributed by atoms with E-state index in [4.69, 9.17) is 11.6 Å². The molecule has 0 spiro atoms. The summed E-state index contributed by atoms with van der Waals surface area (Å²) in [6.45, 7) is 7.35. The van der Waals surface area contributed by atoms with Gasteiger partial charge in [0.2, 0.25) is 0 Å². The Kier molecular flexibility index (Phi) is 3.77. The molecule has 1 fully saturated rings. The van der Waals surface area contributed by atoms with Crippen LogP contribution in [0, 0.1) is 0 Å². The highest BCUT2D eigenvalue weighted by molar-refractivity contribution is 6.30. The van der Waals surface area contributed by atoms with Crippen LogP contribution in [0.3, 0.4) is 0 Å². The fourth-order valence-corrected chi connectivity index (χ4v) is 2.37. The second-order valence-corrected chi connectivity index (χ2v) is 5.03. The number of aromatic nitrogens is 2. The van der Waals surface area contributed by atoms with Gasteiger partial charge >= 0.3 is 0 Å². The SMILES string of the molecule is CC(C)c1cnc(CN2CCCC2)nc1Cl. The molecule has 0 aliphatic carbocycles. The van der Waals surface area contributed by atoms with Gasteiger partial charge in [-0.25, -0.2) is 9.97 Å². The van der Waals surface area contributed by atoms with E-state index >= 15 is 0 Å². The quantitative estimate of drug-likeness (QED) is 0.760. The maximum Gasteiger partial charge on any atom is 0.143 e. The van der Waals surface area contributed by atoms with Gasteiger partial charge in [0.05, 0.1) is 6.54 Å². The lowest BCUT2D eigenvalue weighted by molar-refractivity contribution is 0.322. The Hall–Kier alpha value is -0.670. The number of rotatable bonds is 3. The van der Waals surface area contributed by atoms with Crippen molar-refractivity contribution in [2.24, 2.45) is 0 Å². The van der Waals surface area contributed by atoms with Gasteiger partial charge in [0, 0.05) is 11.8 Å². The number of hydrogen-bond donors (Lipinski definition) is 0. The third kappa shape index (κ3) is 2.71. The molecule has 1 aromatic heterocycles. The third-order valence-corrected chi connectivity index (χ3v) is 3.31. The highest BCUT2D eigenvalue weighted by Gasteiger charge is 2.14. The molecular weight excluding hydrogens is 222 g/mol. The fraction of sp³-hybridized carbons (Fsp3) is 0.667. The van der Waals surface area contributed by atoms with Crippen LogP contribution in [0.5, 0.6) is 0 Å². The van der Waals surface area contributed by atoms with Crippen LogP contribution in [-0.4, -0.2) is 28.0 Å². The summed E-state index contributed by atoms with van der Waals surface area (Å²) in [5.41, 5.74) is 1.03.